The van der Waals surface area contributed by atoms with Gasteiger partial charge in [0.1, 0.15) is 5.75 Å². The molecule has 3 nitrogen and oxygen atoms in total. The second-order valence-corrected chi connectivity index (χ2v) is 6.56. The molecule has 0 saturated carbocycles. The van der Waals surface area contributed by atoms with E-state index in [2.05, 4.69) is 61.2 Å². The second-order valence-electron chi connectivity index (χ2n) is 6.56. The van der Waals surface area contributed by atoms with E-state index in [1.54, 1.807) is 7.11 Å². The minimum atomic E-state index is 0.598. The largest absolute Gasteiger partial charge is 0.497 e. The van der Waals surface area contributed by atoms with E-state index in [0.717, 1.165) is 25.4 Å². The summed E-state index contributed by atoms with van der Waals surface area (Å²) in [5, 5.41) is 0. The Labute approximate surface area is 146 Å². The van der Waals surface area contributed by atoms with E-state index >= 15 is 0 Å². The molecule has 130 valence electrons. The number of rotatable bonds is 9. The first-order chi connectivity index (χ1) is 11.6. The van der Waals surface area contributed by atoms with Crippen molar-refractivity contribution in [3.63, 3.8) is 0 Å². The van der Waals surface area contributed by atoms with Crippen molar-refractivity contribution in [3.05, 3.63) is 65.2 Å². The summed E-state index contributed by atoms with van der Waals surface area (Å²) < 4.78 is 5.35. The molecule has 2 aromatic carbocycles. The van der Waals surface area contributed by atoms with Crippen molar-refractivity contribution < 1.29 is 4.74 Å². The smallest absolute Gasteiger partial charge is 0.119 e. The maximum Gasteiger partial charge on any atom is 0.119 e. The number of benzene rings is 2. The van der Waals surface area contributed by atoms with Gasteiger partial charge < -0.3 is 10.5 Å². The van der Waals surface area contributed by atoms with E-state index in [9.17, 15) is 0 Å². The first-order valence-corrected chi connectivity index (χ1v) is 8.77. The van der Waals surface area contributed by atoms with E-state index in [1.165, 1.54) is 23.1 Å². The Bertz CT molecular complexity index is 609. The number of nitrogens with two attached hydrogens (primary N) is 1. The van der Waals surface area contributed by atoms with Gasteiger partial charge in [0.05, 0.1) is 7.11 Å². The summed E-state index contributed by atoms with van der Waals surface area (Å²) in [6.07, 6.45) is 1.20. The van der Waals surface area contributed by atoms with Gasteiger partial charge in [0.15, 0.2) is 0 Å². The van der Waals surface area contributed by atoms with Crippen LogP contribution >= 0.6 is 0 Å². The lowest BCUT2D eigenvalue weighted by Crippen LogP contribution is -2.27. The van der Waals surface area contributed by atoms with Crippen molar-refractivity contribution in [2.24, 2.45) is 11.7 Å². The molecule has 0 bridgehead atoms. The summed E-state index contributed by atoms with van der Waals surface area (Å²) in [6.45, 7) is 8.14. The van der Waals surface area contributed by atoms with Crippen LogP contribution < -0.4 is 10.5 Å². The fourth-order valence-corrected chi connectivity index (χ4v) is 2.82. The van der Waals surface area contributed by atoms with Crippen molar-refractivity contribution in [1.82, 2.24) is 4.90 Å². The van der Waals surface area contributed by atoms with Gasteiger partial charge in [-0.25, -0.2) is 0 Å². The molecule has 3 heteroatoms. The van der Waals surface area contributed by atoms with Crippen LogP contribution in [0.25, 0.3) is 0 Å². The predicted molar refractivity (Wildman–Crippen MR) is 101 cm³/mol. The Balaban J connectivity index is 2.10. The lowest BCUT2D eigenvalue weighted by atomic mass is 10.1. The van der Waals surface area contributed by atoms with Crippen molar-refractivity contribution >= 4 is 0 Å². The minimum Gasteiger partial charge on any atom is -0.497 e. The molecule has 0 heterocycles. The zero-order valence-electron chi connectivity index (χ0n) is 15.2. The average molecular weight is 326 g/mol. The lowest BCUT2D eigenvalue weighted by Gasteiger charge is -2.26. The topological polar surface area (TPSA) is 38.5 Å². The fraction of sp³-hybridized carbons (Fsp3) is 0.429. The molecule has 0 aliphatic heterocycles. The van der Waals surface area contributed by atoms with E-state index < -0.39 is 0 Å². The highest BCUT2D eigenvalue weighted by molar-refractivity contribution is 5.28. The highest BCUT2D eigenvalue weighted by Crippen LogP contribution is 2.18. The summed E-state index contributed by atoms with van der Waals surface area (Å²) in [5.41, 5.74) is 9.49. The lowest BCUT2D eigenvalue weighted by molar-refractivity contribution is 0.218. The van der Waals surface area contributed by atoms with E-state index in [-0.39, 0.29) is 0 Å². The van der Waals surface area contributed by atoms with Crippen LogP contribution in [0.15, 0.2) is 48.5 Å². The Kier molecular flexibility index (Phi) is 7.29. The predicted octanol–water partition coefficient (Wildman–Crippen LogP) is 4.20. The van der Waals surface area contributed by atoms with Gasteiger partial charge in [-0.2, -0.15) is 0 Å². The van der Waals surface area contributed by atoms with Gasteiger partial charge in [-0.15, -0.1) is 0 Å². The maximum absolute atomic E-state index is 5.69. The summed E-state index contributed by atoms with van der Waals surface area (Å²) >= 11 is 0. The van der Waals surface area contributed by atoms with Crippen molar-refractivity contribution in [1.29, 1.82) is 0 Å². The Morgan fingerprint density at radius 2 is 1.67 bits per heavy atom. The number of nitrogens with zero attached hydrogens (tertiary/aromatic N) is 1. The Morgan fingerprint density at radius 3 is 2.29 bits per heavy atom. The van der Waals surface area contributed by atoms with Gasteiger partial charge in [-0.05, 0) is 34.7 Å². The Morgan fingerprint density at radius 1 is 1.00 bits per heavy atom. The van der Waals surface area contributed by atoms with E-state index in [0.29, 0.717) is 12.5 Å². The molecule has 1 unspecified atom stereocenters. The number of methoxy groups -OCH3 is 1. The normalized spacial score (nSPS) is 12.4. The van der Waals surface area contributed by atoms with Crippen LogP contribution in [0.1, 0.15) is 37.0 Å². The Hall–Kier alpha value is -1.84. The van der Waals surface area contributed by atoms with Crippen LogP contribution in [-0.4, -0.2) is 18.6 Å². The molecular weight excluding hydrogens is 296 g/mol. The summed E-state index contributed by atoms with van der Waals surface area (Å²) in [7, 11) is 1.72. The van der Waals surface area contributed by atoms with Crippen LogP contribution in [0.2, 0.25) is 0 Å². The summed E-state index contributed by atoms with van der Waals surface area (Å²) in [5.74, 6) is 1.60. The molecule has 0 aliphatic rings. The third-order valence-corrected chi connectivity index (χ3v) is 4.47. The highest BCUT2D eigenvalue weighted by Gasteiger charge is 2.11. The van der Waals surface area contributed by atoms with E-state index in [4.69, 9.17) is 10.5 Å². The quantitative estimate of drug-likeness (QED) is 0.750. The van der Waals surface area contributed by atoms with Gasteiger partial charge in [0, 0.05) is 26.2 Å². The molecule has 0 aromatic heterocycles. The summed E-state index contributed by atoms with van der Waals surface area (Å²) in [4.78, 5) is 2.51. The number of hydrogen-bond acceptors (Lipinski definition) is 3. The van der Waals surface area contributed by atoms with Gasteiger partial charge in [-0.3, -0.25) is 4.90 Å². The van der Waals surface area contributed by atoms with Gasteiger partial charge in [0.2, 0.25) is 0 Å². The van der Waals surface area contributed by atoms with Crippen LogP contribution in [0.5, 0.6) is 5.75 Å². The second kappa shape index (κ2) is 9.45. The monoisotopic (exact) mass is 326 g/mol. The molecule has 24 heavy (non-hydrogen) atoms. The highest BCUT2D eigenvalue weighted by atomic mass is 16.5. The third-order valence-electron chi connectivity index (χ3n) is 4.47. The van der Waals surface area contributed by atoms with Crippen LogP contribution in [-0.2, 0) is 19.6 Å². The molecule has 0 spiro atoms. The van der Waals surface area contributed by atoms with Crippen molar-refractivity contribution in [3.8, 4) is 5.75 Å². The molecule has 2 N–H and O–H groups in total. The molecule has 0 aliphatic carbocycles. The standard InChI is InChI=1S/C21H30N2O/c1-4-17(2)14-23(15-19-10-8-18(13-22)9-11-19)16-20-6-5-7-21(12-20)24-3/h5-12,17H,4,13-16,22H2,1-3H3. The summed E-state index contributed by atoms with van der Waals surface area (Å²) in [6, 6.07) is 17.0. The minimum absolute atomic E-state index is 0.598. The molecule has 1 atom stereocenters. The molecule has 0 amide bonds. The number of ether oxygens (including phenoxy) is 1. The molecule has 0 saturated heterocycles. The SMILES string of the molecule is CCC(C)CN(Cc1ccc(CN)cc1)Cc1cccc(OC)c1. The fourth-order valence-electron chi connectivity index (χ4n) is 2.82. The zero-order chi connectivity index (χ0) is 17.4. The van der Waals surface area contributed by atoms with Crippen LogP contribution in [0, 0.1) is 5.92 Å². The molecular formula is C21H30N2O. The first-order valence-electron chi connectivity index (χ1n) is 8.77. The van der Waals surface area contributed by atoms with E-state index in [1.807, 2.05) is 6.07 Å². The van der Waals surface area contributed by atoms with Crippen LogP contribution in [0.3, 0.4) is 0 Å². The zero-order valence-corrected chi connectivity index (χ0v) is 15.2. The average Bonchev–Trinajstić information content (AvgIpc) is 2.62. The van der Waals surface area contributed by atoms with Gasteiger partial charge in [-0.1, -0.05) is 56.7 Å². The van der Waals surface area contributed by atoms with Gasteiger partial charge in [0.25, 0.3) is 0 Å². The van der Waals surface area contributed by atoms with Gasteiger partial charge >= 0.3 is 0 Å². The molecule has 2 rings (SSSR count). The van der Waals surface area contributed by atoms with Crippen LogP contribution in [0.4, 0.5) is 0 Å². The maximum atomic E-state index is 5.69. The molecule has 2 aromatic rings. The first kappa shape index (κ1) is 18.5. The molecule has 0 fully saturated rings. The number of hydrogen-bond donors (Lipinski definition) is 1. The van der Waals surface area contributed by atoms with Crippen molar-refractivity contribution in [2.75, 3.05) is 13.7 Å². The van der Waals surface area contributed by atoms with Crippen molar-refractivity contribution in [2.45, 2.75) is 39.9 Å². The third kappa shape index (κ3) is 5.66. The molecule has 0 radical (unpaired) electrons.